The molecule has 0 spiro atoms. The van der Waals surface area contributed by atoms with E-state index >= 15 is 0 Å². The molecule has 4 aromatic rings. The second-order valence-corrected chi connectivity index (χ2v) is 14.9. The van der Waals surface area contributed by atoms with Crippen molar-refractivity contribution < 1.29 is 110 Å². The summed E-state index contributed by atoms with van der Waals surface area (Å²) in [4.78, 5) is 0. The van der Waals surface area contributed by atoms with Gasteiger partial charge in [0.25, 0.3) is 0 Å². The van der Waals surface area contributed by atoms with E-state index in [2.05, 4.69) is 0 Å². The Labute approximate surface area is 335 Å². The molecule has 4 aromatic carbocycles. The van der Waals surface area contributed by atoms with Crippen LogP contribution in [0.2, 0.25) is 0 Å². The lowest BCUT2D eigenvalue weighted by Gasteiger charge is -2.46. The highest BCUT2D eigenvalue weighted by molar-refractivity contribution is 7.90. The summed E-state index contributed by atoms with van der Waals surface area (Å²) in [6.07, 6.45) is -50.8. The molecule has 0 unspecified atom stereocenters. The van der Waals surface area contributed by atoms with Gasteiger partial charge in [0.15, 0.2) is 0 Å². The largest absolute Gasteiger partial charge is 0.416 e. The van der Waals surface area contributed by atoms with E-state index in [1.165, 1.54) is 0 Å². The van der Waals surface area contributed by atoms with Crippen molar-refractivity contribution in [1.29, 1.82) is 0 Å². The van der Waals surface area contributed by atoms with Crippen molar-refractivity contribution in [3.63, 3.8) is 0 Å². The molecule has 0 aliphatic heterocycles. The lowest BCUT2D eigenvalue weighted by molar-refractivity contribution is -0.144. The van der Waals surface area contributed by atoms with Gasteiger partial charge in [-0.25, -0.2) is 0 Å². The maximum absolute atomic E-state index is 14.2. The molecule has 0 bridgehead atoms. The van der Waals surface area contributed by atoms with Crippen LogP contribution in [-0.2, 0) is 64.8 Å². The number of alkyl halides is 24. The van der Waals surface area contributed by atoms with Crippen LogP contribution < -0.4 is 21.9 Å². The second-order valence-electron chi connectivity index (χ2n) is 13.1. The van der Waals surface area contributed by atoms with Crippen LogP contribution in [0.1, 0.15) is 44.5 Å². The number of halogens is 24. The summed E-state index contributed by atoms with van der Waals surface area (Å²) in [7, 11) is 1.71. The van der Waals surface area contributed by atoms with Crippen molar-refractivity contribution in [2.24, 2.45) is 0 Å². The number of hydrogen-bond acceptors (Lipinski definition) is 1. The van der Waals surface area contributed by atoms with Crippen molar-refractivity contribution >= 4 is 39.2 Å². The number of benzene rings is 4. The van der Waals surface area contributed by atoms with Gasteiger partial charge in [0, 0.05) is 0 Å². The van der Waals surface area contributed by atoms with Gasteiger partial charge in [-0.15, -0.1) is 0 Å². The van der Waals surface area contributed by atoms with E-state index in [1.54, 1.807) is 7.11 Å². The fourth-order valence-electron chi connectivity index (χ4n) is 6.07. The van der Waals surface area contributed by atoms with Gasteiger partial charge in [0.2, 0.25) is 0 Å². The molecular weight excluding hydrogens is 935 g/mol. The Morgan fingerprint density at radius 1 is 0.290 bits per heavy atom. The maximum Gasteiger partial charge on any atom is 0.416 e. The third-order valence-electron chi connectivity index (χ3n) is 8.77. The van der Waals surface area contributed by atoms with Gasteiger partial charge in [-0.3, -0.25) is 0 Å². The molecule has 0 aromatic heterocycles. The third kappa shape index (κ3) is 12.0. The molecule has 0 fully saturated rings. The normalized spacial score (nSPS) is 13.9. The fourth-order valence-corrected chi connectivity index (χ4v) is 6.07. The molecule has 0 saturated heterocycles. The van der Waals surface area contributed by atoms with Gasteiger partial charge in [-0.1, -0.05) is 48.5 Å². The maximum atomic E-state index is 14.2. The molecule has 0 aliphatic rings. The molecule has 27 heteroatoms. The number of hydrogen-bond donors (Lipinski definition) is 0. The molecule has 62 heavy (non-hydrogen) atoms. The average Bonchev–Trinajstić information content (AvgIpc) is 3.09. The van der Waals surface area contributed by atoms with E-state index in [1.807, 2.05) is 12.5 Å². The zero-order valence-electron chi connectivity index (χ0n) is 30.4. The molecule has 0 atom stereocenters. The predicted molar refractivity (Wildman–Crippen MR) is 176 cm³/mol. The quantitative estimate of drug-likeness (QED) is 0.110. The summed E-state index contributed by atoms with van der Waals surface area (Å²) in [5.41, 5.74) is -30.2. The van der Waals surface area contributed by atoms with Crippen LogP contribution in [0, 0.1) is 0 Å². The summed E-state index contributed by atoms with van der Waals surface area (Å²) >= 11 is 0.177. The van der Waals surface area contributed by atoms with E-state index in [9.17, 15) is 105 Å². The molecule has 4 rings (SSSR count). The van der Waals surface area contributed by atoms with Crippen LogP contribution in [0.15, 0.2) is 72.8 Å². The molecule has 0 aliphatic carbocycles. The Balaban J connectivity index is 0.00000193. The summed E-state index contributed by atoms with van der Waals surface area (Å²) < 4.78 is 346. The molecule has 0 saturated carbocycles. The van der Waals surface area contributed by atoms with Crippen LogP contribution in [0.3, 0.4) is 0 Å². The Morgan fingerprint density at radius 3 is 0.484 bits per heavy atom. The monoisotopic (exact) mass is 956 g/mol. The third-order valence-corrected chi connectivity index (χ3v) is 9.44. The average molecular weight is 956 g/mol. The Bertz CT molecular complexity index is 1780. The van der Waals surface area contributed by atoms with Crippen molar-refractivity contribution in [1.82, 2.24) is 0 Å². The topological polar surface area (TPSA) is 9.23 Å². The second kappa shape index (κ2) is 16.9. The van der Waals surface area contributed by atoms with E-state index in [0.717, 1.165) is 0 Å². The molecule has 0 heterocycles. The lowest BCUT2D eigenvalue weighted by atomic mass is 9.12. The minimum Gasteiger partial charge on any atom is -0.194 e. The van der Waals surface area contributed by atoms with Gasteiger partial charge >= 0.3 is 49.4 Å². The van der Waals surface area contributed by atoms with Crippen LogP contribution >= 0.6 is 0 Å². The summed E-state index contributed by atoms with van der Waals surface area (Å²) in [5, 5.41) is 0. The molecule has 0 radical (unpaired) electrons. The first-order valence-electron chi connectivity index (χ1n) is 16.0. The van der Waals surface area contributed by atoms with Crippen LogP contribution in [0.4, 0.5) is 105 Å². The molecule has 0 amide bonds. The molecule has 1 nitrogen and oxygen atoms in total. The minimum atomic E-state index is -6.13. The SMILES string of the molecule is CO[S+](C)C.FC(F)(F)c1cc([B-](c2cc(C(F)(F)F)cc(C(F)(F)F)c2)(c2cc(C(F)(F)F)cc(C(F)(F)F)c2)c2cc(C(F)(F)F)cc(C(F)(F)F)c2)cc(C(F)(F)F)c1. The van der Waals surface area contributed by atoms with Crippen LogP contribution in [-0.4, -0.2) is 25.8 Å². The first-order valence-corrected chi connectivity index (χ1v) is 18.0. The minimum absolute atomic E-state index is 0.177. The molecular formula is C35H21BF24OS. The van der Waals surface area contributed by atoms with E-state index in [4.69, 9.17) is 4.18 Å². The Morgan fingerprint density at radius 2 is 0.403 bits per heavy atom. The van der Waals surface area contributed by atoms with Crippen LogP contribution in [0.25, 0.3) is 0 Å². The highest BCUT2D eigenvalue weighted by Gasteiger charge is 2.47. The van der Waals surface area contributed by atoms with E-state index < -0.39 is 195 Å². The van der Waals surface area contributed by atoms with Crippen molar-refractivity contribution in [2.75, 3.05) is 19.6 Å². The Kier molecular flexibility index (Phi) is 14.2. The summed E-state index contributed by atoms with van der Waals surface area (Å²) in [5.74, 6) is 0. The first-order chi connectivity index (χ1) is 27.5. The van der Waals surface area contributed by atoms with Gasteiger partial charge in [-0.05, 0) is 24.3 Å². The number of rotatable bonds is 5. The standard InChI is InChI=1S/C32H12BF24.C3H9OS/c34-25(35,36)13-1-14(26(37,38)39)6-21(5-13)33(22-7-15(27(40,41)42)2-16(8-22)28(43,44)45,23-9-17(29(46,47)48)3-18(10-23)30(49,50)51)24-11-19(31(52,53)54)4-20(12-24)32(55,56)57;1-4-5(2)3/h1-12H;1-3H3/q-1;+1. The van der Waals surface area contributed by atoms with Gasteiger partial charge in [-0.2, -0.15) is 131 Å². The smallest absolute Gasteiger partial charge is 0.194 e. The zero-order chi connectivity index (χ0) is 48.2. The van der Waals surface area contributed by atoms with Crippen LogP contribution in [0.5, 0.6) is 0 Å². The Hall–Kier alpha value is -4.43. The first kappa shape index (κ1) is 51.9. The van der Waals surface area contributed by atoms with Crippen molar-refractivity contribution in [2.45, 2.75) is 49.4 Å². The van der Waals surface area contributed by atoms with Gasteiger partial charge < -0.3 is 0 Å². The van der Waals surface area contributed by atoms with Crippen molar-refractivity contribution in [3.8, 4) is 0 Å². The molecule has 0 N–H and O–H groups in total. The molecule has 344 valence electrons. The van der Waals surface area contributed by atoms with Crippen molar-refractivity contribution in [3.05, 3.63) is 117 Å². The summed E-state index contributed by atoms with van der Waals surface area (Å²) in [6, 6.07) is -8.81. The predicted octanol–water partition coefficient (Wildman–Crippen LogP) is 11.6. The van der Waals surface area contributed by atoms with E-state index in [-0.39, 0.29) is 11.2 Å². The van der Waals surface area contributed by atoms with Gasteiger partial charge in [0.05, 0.1) is 51.6 Å². The zero-order valence-corrected chi connectivity index (χ0v) is 31.2. The highest BCUT2D eigenvalue weighted by atomic mass is 32.2. The lowest BCUT2D eigenvalue weighted by Crippen LogP contribution is -2.75. The summed E-state index contributed by atoms with van der Waals surface area (Å²) in [6.45, 7) is 0. The highest BCUT2D eigenvalue weighted by Crippen LogP contribution is 2.41. The fraction of sp³-hybridized carbons (Fsp3) is 0.314. The van der Waals surface area contributed by atoms with Gasteiger partial charge in [0.1, 0.15) is 29.8 Å². The van der Waals surface area contributed by atoms with E-state index in [0.29, 0.717) is 0 Å².